The predicted octanol–water partition coefficient (Wildman–Crippen LogP) is 8.70. The standard InChI is InChI=1S/C38H26N4/c1-3-9-30-23-32(20-14-25(30)7-1)37-40-36(41-38(42-37)33-21-15-26-8-2-4-10-31(26)24-33)29-18-16-27(17-19-29)34-13-5-11-28-12-6-22-39-35(28)34/h1-24,37H,(H,40,41,42). The largest absolute Gasteiger partial charge is 0.324 e. The van der Waals surface area contributed by atoms with Crippen LogP contribution in [0.5, 0.6) is 0 Å². The van der Waals surface area contributed by atoms with Crippen LogP contribution in [0.3, 0.4) is 0 Å². The number of amidine groups is 2. The van der Waals surface area contributed by atoms with Crippen LogP contribution in [0.4, 0.5) is 0 Å². The van der Waals surface area contributed by atoms with Crippen molar-refractivity contribution < 1.29 is 0 Å². The third-order valence-electron chi connectivity index (χ3n) is 7.94. The molecule has 4 heteroatoms. The van der Waals surface area contributed by atoms with Gasteiger partial charge in [0, 0.05) is 28.3 Å². The zero-order chi connectivity index (χ0) is 27.9. The molecule has 0 fully saturated rings. The predicted molar refractivity (Wildman–Crippen MR) is 174 cm³/mol. The topological polar surface area (TPSA) is 49.6 Å². The monoisotopic (exact) mass is 538 g/mol. The van der Waals surface area contributed by atoms with Gasteiger partial charge in [-0.2, -0.15) is 0 Å². The van der Waals surface area contributed by atoms with Gasteiger partial charge in [0.05, 0.1) is 5.52 Å². The lowest BCUT2D eigenvalue weighted by Crippen LogP contribution is -2.36. The van der Waals surface area contributed by atoms with Crippen molar-refractivity contribution >= 4 is 44.1 Å². The molecular formula is C38H26N4. The summed E-state index contributed by atoms with van der Waals surface area (Å²) >= 11 is 0. The Bertz CT molecular complexity index is 2170. The Kier molecular flexibility index (Phi) is 5.82. The Hall–Kier alpha value is -5.61. The fourth-order valence-electron chi connectivity index (χ4n) is 5.74. The van der Waals surface area contributed by atoms with Crippen LogP contribution in [0.2, 0.25) is 0 Å². The van der Waals surface area contributed by atoms with Crippen molar-refractivity contribution in [3.05, 3.63) is 162 Å². The van der Waals surface area contributed by atoms with Crippen LogP contribution >= 0.6 is 0 Å². The molecule has 0 bridgehead atoms. The third kappa shape index (κ3) is 4.40. The quantitative estimate of drug-likeness (QED) is 0.244. The first-order valence-electron chi connectivity index (χ1n) is 14.1. The molecule has 1 atom stereocenters. The second kappa shape index (κ2) is 10.1. The Balaban J connectivity index is 1.21. The smallest absolute Gasteiger partial charge is 0.169 e. The van der Waals surface area contributed by atoms with Crippen molar-refractivity contribution in [1.29, 1.82) is 0 Å². The lowest BCUT2D eigenvalue weighted by Gasteiger charge is -2.23. The van der Waals surface area contributed by atoms with E-state index in [1.165, 1.54) is 21.5 Å². The van der Waals surface area contributed by atoms with Gasteiger partial charge < -0.3 is 5.32 Å². The molecule has 6 aromatic carbocycles. The number of pyridine rings is 1. The zero-order valence-electron chi connectivity index (χ0n) is 22.8. The average molecular weight is 539 g/mol. The lowest BCUT2D eigenvalue weighted by molar-refractivity contribution is 0.757. The number of rotatable bonds is 4. The maximum absolute atomic E-state index is 5.13. The highest BCUT2D eigenvalue weighted by molar-refractivity contribution is 6.16. The van der Waals surface area contributed by atoms with Gasteiger partial charge in [0.25, 0.3) is 0 Å². The minimum Gasteiger partial charge on any atom is -0.324 e. The normalized spacial score (nSPS) is 14.9. The molecule has 42 heavy (non-hydrogen) atoms. The molecule has 0 spiro atoms. The van der Waals surface area contributed by atoms with E-state index in [0.29, 0.717) is 0 Å². The van der Waals surface area contributed by atoms with Gasteiger partial charge in [0.2, 0.25) is 0 Å². The second-order valence-corrected chi connectivity index (χ2v) is 10.6. The number of aliphatic imine (C=N–C) groups is 2. The molecule has 7 aromatic rings. The van der Waals surface area contributed by atoms with Crippen molar-refractivity contribution in [2.45, 2.75) is 6.17 Å². The van der Waals surface area contributed by atoms with E-state index < -0.39 is 0 Å². The van der Waals surface area contributed by atoms with Gasteiger partial charge in [-0.25, -0.2) is 9.98 Å². The highest BCUT2D eigenvalue weighted by atomic mass is 15.2. The summed E-state index contributed by atoms with van der Waals surface area (Å²) in [7, 11) is 0. The first-order chi connectivity index (χ1) is 20.8. The van der Waals surface area contributed by atoms with Crippen molar-refractivity contribution in [2.75, 3.05) is 0 Å². The lowest BCUT2D eigenvalue weighted by atomic mass is 10.00. The molecule has 1 unspecified atom stereocenters. The molecular weight excluding hydrogens is 512 g/mol. The summed E-state index contributed by atoms with van der Waals surface area (Å²) < 4.78 is 0. The van der Waals surface area contributed by atoms with Gasteiger partial charge in [0.1, 0.15) is 11.7 Å². The fraction of sp³-hybridized carbons (Fsp3) is 0.0263. The van der Waals surface area contributed by atoms with E-state index in [1.54, 1.807) is 0 Å². The minimum absolute atomic E-state index is 0.366. The van der Waals surface area contributed by atoms with E-state index in [-0.39, 0.29) is 6.17 Å². The van der Waals surface area contributed by atoms with Gasteiger partial charge in [-0.05, 0) is 50.9 Å². The maximum Gasteiger partial charge on any atom is 0.169 e. The van der Waals surface area contributed by atoms with Crippen LogP contribution in [0.15, 0.2) is 156 Å². The molecule has 4 nitrogen and oxygen atoms in total. The third-order valence-corrected chi connectivity index (χ3v) is 7.94. The van der Waals surface area contributed by atoms with Crippen LogP contribution in [0.25, 0.3) is 43.6 Å². The summed E-state index contributed by atoms with van der Waals surface area (Å²) in [6.45, 7) is 0. The number of aromatic nitrogens is 1. The Morgan fingerprint density at radius 1 is 0.452 bits per heavy atom. The number of nitrogens with zero attached hydrogens (tertiary/aromatic N) is 3. The number of hydrogen-bond acceptors (Lipinski definition) is 4. The van der Waals surface area contributed by atoms with Gasteiger partial charge in [-0.3, -0.25) is 4.98 Å². The molecule has 0 amide bonds. The second-order valence-electron chi connectivity index (χ2n) is 10.6. The molecule has 198 valence electrons. The molecule has 0 saturated carbocycles. The molecule has 0 aliphatic carbocycles. The summed E-state index contributed by atoms with van der Waals surface area (Å²) in [5.41, 5.74) is 6.34. The van der Waals surface area contributed by atoms with Crippen LogP contribution in [-0.4, -0.2) is 16.7 Å². The SMILES string of the molecule is c1ccc2cc(C3=NC(c4ccc5ccccc5c4)N=C(c4ccc(-c5cccc6cccnc56)cc4)N3)ccc2c1. The van der Waals surface area contributed by atoms with Crippen LogP contribution in [0.1, 0.15) is 22.9 Å². The Labute approximate surface area is 243 Å². The van der Waals surface area contributed by atoms with Crippen molar-refractivity contribution in [1.82, 2.24) is 10.3 Å². The van der Waals surface area contributed by atoms with E-state index in [1.807, 2.05) is 12.3 Å². The highest BCUT2D eigenvalue weighted by Crippen LogP contribution is 2.30. The van der Waals surface area contributed by atoms with E-state index in [9.17, 15) is 0 Å². The number of para-hydroxylation sites is 1. The molecule has 1 aliphatic rings. The molecule has 1 N–H and O–H groups in total. The molecule has 1 aromatic heterocycles. The van der Waals surface area contributed by atoms with E-state index in [0.717, 1.165) is 50.4 Å². The Morgan fingerprint density at radius 3 is 1.83 bits per heavy atom. The van der Waals surface area contributed by atoms with E-state index in [2.05, 4.69) is 144 Å². The summed E-state index contributed by atoms with van der Waals surface area (Å²) in [6.07, 6.45) is 1.48. The molecule has 1 aliphatic heterocycles. The summed E-state index contributed by atoms with van der Waals surface area (Å²) in [5.74, 6) is 1.61. The van der Waals surface area contributed by atoms with Gasteiger partial charge in [0.15, 0.2) is 6.17 Å². The summed E-state index contributed by atoms with van der Waals surface area (Å²) in [4.78, 5) is 14.9. The van der Waals surface area contributed by atoms with Crippen molar-refractivity contribution in [2.24, 2.45) is 9.98 Å². The number of fused-ring (bicyclic) bond motifs is 3. The van der Waals surface area contributed by atoms with E-state index >= 15 is 0 Å². The summed E-state index contributed by atoms with van der Waals surface area (Å²) in [5, 5.41) is 9.47. The molecule has 0 saturated heterocycles. The average Bonchev–Trinajstić information content (AvgIpc) is 3.07. The van der Waals surface area contributed by atoms with Gasteiger partial charge in [-0.15, -0.1) is 0 Å². The van der Waals surface area contributed by atoms with Crippen LogP contribution in [0, 0.1) is 0 Å². The number of nitrogens with one attached hydrogen (secondary N) is 1. The number of hydrogen-bond donors (Lipinski definition) is 1. The van der Waals surface area contributed by atoms with Gasteiger partial charge >= 0.3 is 0 Å². The highest BCUT2D eigenvalue weighted by Gasteiger charge is 2.21. The van der Waals surface area contributed by atoms with Crippen LogP contribution < -0.4 is 5.32 Å². The Morgan fingerprint density at radius 2 is 1.05 bits per heavy atom. The number of benzene rings is 6. The fourth-order valence-corrected chi connectivity index (χ4v) is 5.74. The minimum atomic E-state index is -0.366. The molecule has 2 heterocycles. The maximum atomic E-state index is 5.13. The molecule has 8 rings (SSSR count). The first-order valence-corrected chi connectivity index (χ1v) is 14.1. The van der Waals surface area contributed by atoms with Gasteiger partial charge in [-0.1, -0.05) is 121 Å². The van der Waals surface area contributed by atoms with Crippen molar-refractivity contribution in [3.8, 4) is 11.1 Å². The molecule has 0 radical (unpaired) electrons. The summed E-state index contributed by atoms with van der Waals surface area (Å²) in [6, 6.07) is 48.7. The van der Waals surface area contributed by atoms with Crippen LogP contribution in [-0.2, 0) is 0 Å². The van der Waals surface area contributed by atoms with E-state index in [4.69, 9.17) is 9.98 Å². The zero-order valence-corrected chi connectivity index (χ0v) is 22.8. The van der Waals surface area contributed by atoms with Crippen molar-refractivity contribution in [3.63, 3.8) is 0 Å². The first kappa shape index (κ1) is 24.2.